The number of anilines is 1. The summed E-state index contributed by atoms with van der Waals surface area (Å²) in [4.78, 5) is 57.7. The van der Waals surface area contributed by atoms with Crippen LogP contribution in [-0.4, -0.2) is 130 Å². The van der Waals surface area contributed by atoms with Crippen molar-refractivity contribution < 1.29 is 47.6 Å². The fourth-order valence-electron chi connectivity index (χ4n) is 11.7. The van der Waals surface area contributed by atoms with Crippen molar-refractivity contribution in [2.45, 2.75) is 37.6 Å². The van der Waals surface area contributed by atoms with E-state index >= 15 is 0 Å². The van der Waals surface area contributed by atoms with E-state index in [2.05, 4.69) is 44.0 Å². The molecule has 75 heavy (non-hydrogen) atoms. The van der Waals surface area contributed by atoms with Crippen molar-refractivity contribution in [3.63, 3.8) is 0 Å². The fraction of sp³-hybridized carbons (Fsp3) is 0.293. The summed E-state index contributed by atoms with van der Waals surface area (Å²) in [6.07, 6.45) is -1.25. The van der Waals surface area contributed by atoms with Crippen LogP contribution < -0.4 is 25.5 Å². The van der Waals surface area contributed by atoms with E-state index in [-0.39, 0.29) is 55.9 Å². The molecule has 17 nitrogen and oxygen atoms in total. The van der Waals surface area contributed by atoms with E-state index in [0.717, 1.165) is 71.2 Å². The number of carbonyl (C=O) groups is 4. The van der Waals surface area contributed by atoms with Crippen molar-refractivity contribution in [2.24, 2.45) is 0 Å². The van der Waals surface area contributed by atoms with Crippen LogP contribution in [0.3, 0.4) is 0 Å². The Morgan fingerprint density at radius 3 is 2.28 bits per heavy atom. The molecule has 5 aromatic carbocycles. The Balaban J connectivity index is 0.705. The Bertz CT molecular complexity index is 3900. The van der Waals surface area contributed by atoms with Crippen LogP contribution in [-0.2, 0) is 30.3 Å². The number of methoxy groups -OCH3 is 1. The SMILES string of the molecule is CO[C@@H]1[C@H](N(C)C(=O)COCCOCCNC(=O)c2ccc(-c3c4ccc(=[N+](C)C)cc-4oc4cc(N(C)C)ccc34)c(C(=O)O)c2)C[C@H]2O[C@@H]1n1c3ccccc3c3c4c(c5c6ccccc6n2c5c31)C(=O)NC4. The number of nitrogens with zero attached hydrogens (tertiary/aromatic N) is 5. The van der Waals surface area contributed by atoms with Gasteiger partial charge in [-0.3, -0.25) is 14.4 Å². The second-order valence-corrected chi connectivity index (χ2v) is 19.9. The number of amides is 3. The molecule has 1 saturated heterocycles. The molecule has 0 radical (unpaired) electrons. The highest BCUT2D eigenvalue weighted by Gasteiger charge is 2.48. The van der Waals surface area contributed by atoms with Gasteiger partial charge in [0.1, 0.15) is 44.4 Å². The molecular formula is C58H56N7O10+. The summed E-state index contributed by atoms with van der Waals surface area (Å²) in [6.45, 7) is 0.819. The number of benzene rings is 6. The third-order valence-corrected chi connectivity index (χ3v) is 15.3. The van der Waals surface area contributed by atoms with Crippen LogP contribution in [0.5, 0.6) is 0 Å². The molecule has 3 amide bonds. The number of rotatable bonds is 14. The van der Waals surface area contributed by atoms with Crippen LogP contribution in [0.25, 0.3) is 77.0 Å². The summed E-state index contributed by atoms with van der Waals surface area (Å²) < 4.78 is 37.9. The van der Waals surface area contributed by atoms with Gasteiger partial charge in [0, 0.05) is 109 Å². The molecule has 5 aliphatic rings. The van der Waals surface area contributed by atoms with Crippen molar-refractivity contribution in [3.8, 4) is 22.5 Å². The fourth-order valence-corrected chi connectivity index (χ4v) is 11.7. The molecule has 7 aromatic rings. The lowest BCUT2D eigenvalue weighted by Gasteiger charge is -2.44. The van der Waals surface area contributed by atoms with Crippen LogP contribution >= 0.6 is 0 Å². The van der Waals surface area contributed by atoms with Crippen molar-refractivity contribution in [2.75, 3.05) is 80.2 Å². The maximum Gasteiger partial charge on any atom is 0.336 e. The van der Waals surface area contributed by atoms with Gasteiger partial charge in [0.25, 0.3) is 11.8 Å². The first-order chi connectivity index (χ1) is 36.3. The predicted octanol–water partition coefficient (Wildman–Crippen LogP) is 7.20. The van der Waals surface area contributed by atoms with E-state index in [0.29, 0.717) is 41.0 Å². The average molecular weight is 1010 g/mol. The first-order valence-corrected chi connectivity index (χ1v) is 25.1. The van der Waals surface area contributed by atoms with Gasteiger partial charge in [0.15, 0.2) is 6.23 Å². The van der Waals surface area contributed by atoms with Gasteiger partial charge in [-0.05, 0) is 53.6 Å². The number of aromatic nitrogens is 2. The number of para-hydroxylation sites is 2. The van der Waals surface area contributed by atoms with Crippen LogP contribution in [0.4, 0.5) is 5.69 Å². The van der Waals surface area contributed by atoms with Crippen molar-refractivity contribution in [1.82, 2.24) is 29.2 Å². The molecule has 0 saturated carbocycles. The van der Waals surface area contributed by atoms with Gasteiger partial charge < -0.3 is 58.0 Å². The molecule has 1 aliphatic carbocycles. The summed E-state index contributed by atoms with van der Waals surface area (Å²) in [5, 5.41) is 22.0. The van der Waals surface area contributed by atoms with Gasteiger partial charge in [-0.2, -0.15) is 0 Å². The molecule has 3 N–H and O–H groups in total. The zero-order valence-electron chi connectivity index (χ0n) is 42.4. The summed E-state index contributed by atoms with van der Waals surface area (Å²) in [7, 11) is 11.2. The average Bonchev–Trinajstić information content (AvgIpc) is 4.08. The van der Waals surface area contributed by atoms with Crippen LogP contribution in [0.1, 0.15) is 55.5 Å². The number of hydrogen-bond acceptors (Lipinski definition) is 10. The second kappa shape index (κ2) is 18.7. The molecule has 4 atom stereocenters. The molecule has 6 heterocycles. The number of carbonyl (C=O) groups excluding carboxylic acids is 3. The number of carboxylic acids is 1. The smallest absolute Gasteiger partial charge is 0.336 e. The number of nitrogens with one attached hydrogen (secondary N) is 2. The Morgan fingerprint density at radius 2 is 1.53 bits per heavy atom. The highest BCUT2D eigenvalue weighted by atomic mass is 16.6. The number of carboxylic acid groups (broad SMARTS) is 1. The largest absolute Gasteiger partial charge is 0.478 e. The van der Waals surface area contributed by atoms with Gasteiger partial charge in [0.2, 0.25) is 11.3 Å². The van der Waals surface area contributed by atoms with Gasteiger partial charge in [0.05, 0.1) is 65.1 Å². The van der Waals surface area contributed by atoms with Crippen molar-refractivity contribution in [3.05, 3.63) is 131 Å². The van der Waals surface area contributed by atoms with Gasteiger partial charge in [-0.25, -0.2) is 9.37 Å². The second-order valence-electron chi connectivity index (χ2n) is 19.9. The minimum absolute atomic E-state index is 0.0248. The quantitative estimate of drug-likeness (QED) is 0.0570. The Kier molecular flexibility index (Phi) is 11.9. The Morgan fingerprint density at radius 1 is 0.813 bits per heavy atom. The van der Waals surface area contributed by atoms with E-state index in [9.17, 15) is 24.3 Å². The van der Waals surface area contributed by atoms with E-state index in [1.54, 1.807) is 31.2 Å². The third kappa shape index (κ3) is 7.71. The lowest BCUT2D eigenvalue weighted by atomic mass is 9.89. The normalized spacial score (nSPS) is 17.8. The van der Waals surface area contributed by atoms with Crippen LogP contribution in [0.2, 0.25) is 0 Å². The van der Waals surface area contributed by atoms with Crippen molar-refractivity contribution >= 4 is 84.0 Å². The third-order valence-electron chi connectivity index (χ3n) is 15.3. The summed E-state index contributed by atoms with van der Waals surface area (Å²) in [6, 6.07) is 32.2. The molecule has 2 aromatic heterocycles. The molecule has 2 bridgehead atoms. The number of ether oxygens (including phenoxy) is 4. The van der Waals surface area contributed by atoms with Crippen molar-refractivity contribution in [1.29, 1.82) is 0 Å². The minimum Gasteiger partial charge on any atom is -0.478 e. The molecule has 382 valence electrons. The first-order valence-electron chi connectivity index (χ1n) is 25.1. The number of likely N-dealkylation sites (N-methyl/N-ethyl adjacent to an activating group) is 1. The lowest BCUT2D eigenvalue weighted by molar-refractivity contribution is -0.208. The number of hydrogen-bond donors (Lipinski definition) is 3. The molecule has 0 spiro atoms. The topological polar surface area (TPSA) is 182 Å². The molecule has 17 heteroatoms. The standard InChI is InChI=1S/C58H55N7O10/c1-61(2)32-16-19-37-44(26-32)74-45-27-33(62(3)4)17-20-38(45)48(37)34-18-15-31(25-39(34)58(69)70)55(67)59-21-22-72-23-24-73-30-46(66)63(5)43-28-47-64-41-13-9-8-12-36(41)50-51-40(29-60-56(51)68)49-35-11-7-10-14-42(35)65(52(49)53(50)64)57(75-47)54(43)71-6/h7-20,25-27,43,47,54,57H,21-24,28-30H2,1-6H3,(H2-,59,60,67,68,69,70)/p+1/t43-,47-,54-,57+/m1/s1. The lowest BCUT2D eigenvalue weighted by Crippen LogP contribution is -2.54. The maximum atomic E-state index is 14.0. The zero-order chi connectivity index (χ0) is 52.0. The minimum atomic E-state index is -1.17. The van der Waals surface area contributed by atoms with Gasteiger partial charge in [-0.1, -0.05) is 42.5 Å². The van der Waals surface area contributed by atoms with E-state index in [1.807, 2.05) is 98.3 Å². The molecule has 12 rings (SSSR count). The van der Waals surface area contributed by atoms with E-state index in [4.69, 9.17) is 23.4 Å². The Hall–Kier alpha value is -8.09. The number of aromatic carboxylic acids is 1. The maximum absolute atomic E-state index is 14.0. The summed E-state index contributed by atoms with van der Waals surface area (Å²) in [5.41, 5.74) is 9.04. The van der Waals surface area contributed by atoms with Crippen LogP contribution in [0, 0.1) is 0 Å². The molecular weight excluding hydrogens is 955 g/mol. The van der Waals surface area contributed by atoms with E-state index in [1.165, 1.54) is 6.07 Å². The van der Waals surface area contributed by atoms with Crippen LogP contribution in [0.15, 0.2) is 108 Å². The summed E-state index contributed by atoms with van der Waals surface area (Å²) >= 11 is 0. The summed E-state index contributed by atoms with van der Waals surface area (Å²) in [5.74, 6) is -1.36. The highest BCUT2D eigenvalue weighted by molar-refractivity contribution is 6.31. The Labute approximate surface area is 430 Å². The monoisotopic (exact) mass is 1010 g/mol. The highest BCUT2D eigenvalue weighted by Crippen LogP contribution is 2.52. The molecule has 1 fully saturated rings. The number of fused-ring (bicyclic) bond motifs is 15. The molecule has 4 aliphatic heterocycles. The predicted molar refractivity (Wildman–Crippen MR) is 285 cm³/mol. The van der Waals surface area contributed by atoms with Gasteiger partial charge in [-0.15, -0.1) is 0 Å². The van der Waals surface area contributed by atoms with E-state index < -0.39 is 36.5 Å². The molecule has 0 unspecified atom stereocenters. The first kappa shape index (κ1) is 47.9. The zero-order valence-corrected chi connectivity index (χ0v) is 42.4. The van der Waals surface area contributed by atoms with Gasteiger partial charge >= 0.3 is 5.97 Å².